The van der Waals surface area contributed by atoms with E-state index in [1.165, 1.54) is 6.20 Å². The average Bonchev–Trinajstić information content (AvgIpc) is 3.12. The second-order valence-electron chi connectivity index (χ2n) is 5.33. The largest absolute Gasteiger partial charge is 0.338 e. The molecule has 1 aliphatic rings. The van der Waals surface area contributed by atoms with E-state index in [0.29, 0.717) is 18.8 Å². The van der Waals surface area contributed by atoms with Crippen LogP contribution in [0.2, 0.25) is 10.3 Å². The minimum Gasteiger partial charge on any atom is -0.338 e. The number of likely N-dealkylation sites (tertiary alicyclic amines) is 1. The number of aromatic nitrogens is 2. The van der Waals surface area contributed by atoms with Crippen molar-refractivity contribution in [2.24, 2.45) is 0 Å². The molecule has 124 valence electrons. The number of Topliss-reactive ketones (excluding diaryl/α,β-unsaturated/α-hetero) is 1. The second-order valence-corrected chi connectivity index (χ2v) is 6.08. The first-order valence-corrected chi connectivity index (χ1v) is 8.19. The molecule has 6 nitrogen and oxygen atoms in total. The molecule has 0 unspecified atom stereocenters. The molecular weight excluding hydrogens is 351 g/mol. The first-order valence-electron chi connectivity index (χ1n) is 7.44. The Balaban J connectivity index is 1.89. The monoisotopic (exact) mass is 364 g/mol. The summed E-state index contributed by atoms with van der Waals surface area (Å²) >= 11 is 11.8. The number of carbonyl (C=O) groups is 2. The van der Waals surface area contributed by atoms with Crippen molar-refractivity contribution in [1.29, 1.82) is 0 Å². The Morgan fingerprint density at radius 1 is 1.12 bits per heavy atom. The third kappa shape index (κ3) is 3.49. The second kappa shape index (κ2) is 7.15. The van der Waals surface area contributed by atoms with Gasteiger partial charge in [0.25, 0.3) is 11.7 Å². The third-order valence-electron chi connectivity index (χ3n) is 3.73. The molecule has 1 fully saturated rings. The van der Waals surface area contributed by atoms with E-state index in [0.717, 1.165) is 12.8 Å². The number of nitrogens with zero attached hydrogens (tertiary/aromatic N) is 3. The van der Waals surface area contributed by atoms with Crippen LogP contribution >= 0.6 is 23.2 Å². The molecule has 8 heteroatoms. The molecule has 1 aliphatic heterocycles. The van der Waals surface area contributed by atoms with Gasteiger partial charge >= 0.3 is 0 Å². The molecule has 1 aromatic heterocycles. The summed E-state index contributed by atoms with van der Waals surface area (Å²) in [7, 11) is 0. The van der Waals surface area contributed by atoms with Gasteiger partial charge in [-0.25, -0.2) is 4.98 Å². The first-order chi connectivity index (χ1) is 11.6. The molecule has 0 aliphatic carbocycles. The van der Waals surface area contributed by atoms with Crippen molar-refractivity contribution in [3.63, 3.8) is 0 Å². The van der Waals surface area contributed by atoms with Gasteiger partial charge in [0, 0.05) is 13.1 Å². The fraction of sp³-hybridized carbons (Fsp3) is 0.250. The maximum absolute atomic E-state index is 12.6. The number of carbonyl (C=O) groups excluding carboxylic acids is 2. The summed E-state index contributed by atoms with van der Waals surface area (Å²) in [4.78, 5) is 34.3. The predicted octanol–water partition coefficient (Wildman–Crippen LogP) is 3.33. The van der Waals surface area contributed by atoms with E-state index in [2.05, 4.69) is 15.3 Å². The molecule has 24 heavy (non-hydrogen) atoms. The number of benzene rings is 1. The minimum atomic E-state index is -0.559. The van der Waals surface area contributed by atoms with Crippen molar-refractivity contribution in [2.45, 2.75) is 12.8 Å². The van der Waals surface area contributed by atoms with E-state index in [-0.39, 0.29) is 21.7 Å². The lowest BCUT2D eigenvalue weighted by Gasteiger charge is -2.16. The van der Waals surface area contributed by atoms with Crippen LogP contribution in [0.25, 0.3) is 0 Å². The molecule has 0 atom stereocenters. The van der Waals surface area contributed by atoms with Crippen LogP contribution < -0.4 is 5.32 Å². The van der Waals surface area contributed by atoms with Crippen molar-refractivity contribution < 1.29 is 9.59 Å². The number of rotatable bonds is 4. The zero-order valence-corrected chi connectivity index (χ0v) is 14.1. The van der Waals surface area contributed by atoms with E-state index in [9.17, 15) is 9.59 Å². The fourth-order valence-corrected chi connectivity index (χ4v) is 2.80. The van der Waals surface area contributed by atoms with Gasteiger partial charge < -0.3 is 10.2 Å². The summed E-state index contributed by atoms with van der Waals surface area (Å²) in [5.41, 5.74) is 0.701. The molecule has 1 amide bonds. The van der Waals surface area contributed by atoms with Crippen LogP contribution in [0, 0.1) is 0 Å². The summed E-state index contributed by atoms with van der Waals surface area (Å²) < 4.78 is 0. The topological polar surface area (TPSA) is 75.2 Å². The Morgan fingerprint density at radius 2 is 1.83 bits per heavy atom. The lowest BCUT2D eigenvalue weighted by molar-refractivity contribution is -0.125. The number of nitrogens with one attached hydrogen (secondary N) is 1. The summed E-state index contributed by atoms with van der Waals surface area (Å²) in [5, 5.41) is 3.23. The summed E-state index contributed by atoms with van der Waals surface area (Å²) in [6.45, 7) is 1.24. The first kappa shape index (κ1) is 16.7. The van der Waals surface area contributed by atoms with Gasteiger partial charge in [-0.05, 0) is 36.6 Å². The zero-order valence-electron chi connectivity index (χ0n) is 12.6. The standard InChI is InChI=1S/C16H14Cl2N4O2/c17-11-9-19-16(18)21-14(11)20-12-6-2-1-5-10(12)13(23)15(24)22-7-3-4-8-22/h1-2,5-6,9H,3-4,7-8H2,(H,19,20,21). The molecular formula is C16H14Cl2N4O2. The maximum Gasteiger partial charge on any atom is 0.295 e. The number of hydrogen-bond acceptors (Lipinski definition) is 5. The van der Waals surface area contributed by atoms with Crippen LogP contribution in [0.5, 0.6) is 0 Å². The van der Waals surface area contributed by atoms with E-state index in [1.54, 1.807) is 29.2 Å². The zero-order chi connectivity index (χ0) is 17.1. The van der Waals surface area contributed by atoms with Crippen molar-refractivity contribution in [3.8, 4) is 0 Å². The van der Waals surface area contributed by atoms with Gasteiger partial charge in [0.15, 0.2) is 5.82 Å². The lowest BCUT2D eigenvalue weighted by atomic mass is 10.1. The molecule has 1 aromatic carbocycles. The number of anilines is 2. The molecule has 1 saturated heterocycles. The molecule has 2 heterocycles. The van der Waals surface area contributed by atoms with Crippen molar-refractivity contribution in [3.05, 3.63) is 46.3 Å². The average molecular weight is 365 g/mol. The van der Waals surface area contributed by atoms with Crippen molar-refractivity contribution in [1.82, 2.24) is 14.9 Å². The normalized spacial score (nSPS) is 13.8. The number of halogens is 2. The Hall–Kier alpha value is -2.18. The molecule has 1 N–H and O–H groups in total. The molecule has 0 radical (unpaired) electrons. The predicted molar refractivity (Wildman–Crippen MR) is 91.9 cm³/mol. The maximum atomic E-state index is 12.6. The SMILES string of the molecule is O=C(C(=O)N1CCCC1)c1ccccc1Nc1nc(Cl)ncc1Cl. The van der Waals surface area contributed by atoms with Crippen molar-refractivity contribution in [2.75, 3.05) is 18.4 Å². The lowest BCUT2D eigenvalue weighted by Crippen LogP contribution is -2.34. The van der Waals surface area contributed by atoms with Gasteiger partial charge in [-0.3, -0.25) is 9.59 Å². The fourth-order valence-electron chi connectivity index (χ4n) is 2.53. The molecule has 0 saturated carbocycles. The van der Waals surface area contributed by atoms with Crippen molar-refractivity contribution >= 4 is 46.4 Å². The van der Waals surface area contributed by atoms with Gasteiger partial charge in [-0.2, -0.15) is 4.98 Å². The van der Waals surface area contributed by atoms with Gasteiger partial charge in [0.1, 0.15) is 5.02 Å². The Kier molecular flexibility index (Phi) is 4.97. The van der Waals surface area contributed by atoms with E-state index >= 15 is 0 Å². The number of amides is 1. The highest BCUT2D eigenvalue weighted by atomic mass is 35.5. The Bertz CT molecular complexity index is 791. The van der Waals surface area contributed by atoms with E-state index in [4.69, 9.17) is 23.2 Å². The van der Waals surface area contributed by atoms with Crippen LogP contribution in [-0.2, 0) is 4.79 Å². The van der Waals surface area contributed by atoms with Gasteiger partial charge in [0.05, 0.1) is 17.4 Å². The van der Waals surface area contributed by atoms with Crippen LogP contribution in [0.15, 0.2) is 30.5 Å². The van der Waals surface area contributed by atoms with Gasteiger partial charge in [0.2, 0.25) is 5.28 Å². The van der Waals surface area contributed by atoms with E-state index < -0.39 is 11.7 Å². The number of hydrogen-bond donors (Lipinski definition) is 1. The Labute approximate surface area is 148 Å². The van der Waals surface area contributed by atoms with E-state index in [1.807, 2.05) is 0 Å². The summed E-state index contributed by atoms with van der Waals surface area (Å²) in [6, 6.07) is 6.71. The Morgan fingerprint density at radius 3 is 2.58 bits per heavy atom. The molecule has 3 rings (SSSR count). The number of para-hydroxylation sites is 1. The van der Waals surface area contributed by atoms with Crippen LogP contribution in [-0.4, -0.2) is 39.6 Å². The summed E-state index contributed by atoms with van der Waals surface area (Å²) in [5.74, 6) is -0.782. The van der Waals surface area contributed by atoms with Crippen LogP contribution in [0.4, 0.5) is 11.5 Å². The molecule has 0 bridgehead atoms. The highest BCUT2D eigenvalue weighted by molar-refractivity contribution is 6.44. The number of ketones is 1. The van der Waals surface area contributed by atoms with Gasteiger partial charge in [-0.1, -0.05) is 23.7 Å². The molecule has 0 spiro atoms. The van der Waals surface area contributed by atoms with Crippen LogP contribution in [0.1, 0.15) is 23.2 Å². The van der Waals surface area contributed by atoms with Crippen LogP contribution in [0.3, 0.4) is 0 Å². The molecule has 2 aromatic rings. The van der Waals surface area contributed by atoms with Gasteiger partial charge in [-0.15, -0.1) is 0 Å². The quantitative estimate of drug-likeness (QED) is 0.511. The highest BCUT2D eigenvalue weighted by Crippen LogP contribution is 2.26. The third-order valence-corrected chi connectivity index (χ3v) is 4.19. The summed E-state index contributed by atoms with van der Waals surface area (Å²) in [6.07, 6.45) is 3.21. The smallest absolute Gasteiger partial charge is 0.295 e. The highest BCUT2D eigenvalue weighted by Gasteiger charge is 2.27. The minimum absolute atomic E-state index is 0.0267.